The number of amides is 4. The summed E-state index contributed by atoms with van der Waals surface area (Å²) in [5, 5.41) is 21.8. The molecule has 0 radical (unpaired) electrons. The van der Waals surface area contributed by atoms with Gasteiger partial charge in [-0.3, -0.25) is 49.2 Å². The standard InChI is InChI=1S/C22H18N4O8/c27-19-15-7-5-13(25(31)32)11-17(15)21(29)23(19)9-3-1-2-4-10-24-20(28)16-8-6-14(26(33)34)12-18(16)22(24)30/h5-8,11-12H,1-4,9-10H2. The smallest absolute Gasteiger partial charge is 0.270 e. The number of hydrogen-bond donors (Lipinski definition) is 0. The van der Waals surface area contributed by atoms with E-state index in [-0.39, 0.29) is 46.7 Å². The molecule has 0 unspecified atom stereocenters. The van der Waals surface area contributed by atoms with E-state index in [9.17, 15) is 39.4 Å². The lowest BCUT2D eigenvalue weighted by Crippen LogP contribution is -2.31. The van der Waals surface area contributed by atoms with Crippen LogP contribution in [-0.2, 0) is 0 Å². The van der Waals surface area contributed by atoms with Gasteiger partial charge in [-0.15, -0.1) is 0 Å². The van der Waals surface area contributed by atoms with Gasteiger partial charge in [0.15, 0.2) is 0 Å². The Morgan fingerprint density at radius 2 is 0.912 bits per heavy atom. The number of unbranched alkanes of at least 4 members (excludes halogenated alkanes) is 3. The maximum Gasteiger partial charge on any atom is 0.270 e. The van der Waals surface area contributed by atoms with Gasteiger partial charge in [0.2, 0.25) is 0 Å². The molecule has 0 fully saturated rings. The van der Waals surface area contributed by atoms with Crippen LogP contribution < -0.4 is 0 Å². The van der Waals surface area contributed by atoms with Crippen molar-refractivity contribution in [2.75, 3.05) is 13.1 Å². The van der Waals surface area contributed by atoms with Crippen molar-refractivity contribution in [3.63, 3.8) is 0 Å². The second kappa shape index (κ2) is 8.81. The lowest BCUT2D eigenvalue weighted by molar-refractivity contribution is -0.385. The highest BCUT2D eigenvalue weighted by Gasteiger charge is 2.37. The minimum atomic E-state index is -0.629. The fourth-order valence-electron chi connectivity index (χ4n) is 4.08. The molecular formula is C22H18N4O8. The Bertz CT molecular complexity index is 1170. The van der Waals surface area contributed by atoms with Crippen molar-refractivity contribution in [2.45, 2.75) is 25.7 Å². The molecule has 4 amide bonds. The molecule has 2 aliphatic rings. The molecule has 2 aromatic carbocycles. The van der Waals surface area contributed by atoms with Crippen LogP contribution >= 0.6 is 0 Å². The quantitative estimate of drug-likeness (QED) is 0.236. The third-order valence-electron chi connectivity index (χ3n) is 5.84. The van der Waals surface area contributed by atoms with Crippen molar-refractivity contribution in [1.82, 2.24) is 9.80 Å². The van der Waals surface area contributed by atoms with E-state index in [4.69, 9.17) is 0 Å². The molecule has 0 saturated carbocycles. The predicted molar refractivity (Wildman–Crippen MR) is 115 cm³/mol. The van der Waals surface area contributed by atoms with Gasteiger partial charge in [0.05, 0.1) is 32.1 Å². The van der Waals surface area contributed by atoms with Crippen LogP contribution in [0.15, 0.2) is 36.4 Å². The third-order valence-corrected chi connectivity index (χ3v) is 5.84. The molecule has 0 N–H and O–H groups in total. The molecule has 12 heteroatoms. The zero-order valence-corrected chi connectivity index (χ0v) is 17.8. The molecule has 0 aliphatic carbocycles. The number of nitrogens with zero attached hydrogens (tertiary/aromatic N) is 4. The first-order valence-corrected chi connectivity index (χ1v) is 10.5. The summed E-state index contributed by atoms with van der Waals surface area (Å²) >= 11 is 0. The van der Waals surface area contributed by atoms with E-state index >= 15 is 0 Å². The molecule has 174 valence electrons. The molecule has 0 saturated heterocycles. The largest absolute Gasteiger partial charge is 0.274 e. The maximum absolute atomic E-state index is 12.5. The Labute approximate surface area is 192 Å². The molecule has 12 nitrogen and oxygen atoms in total. The number of rotatable bonds is 9. The summed E-state index contributed by atoms with van der Waals surface area (Å²) < 4.78 is 0. The highest BCUT2D eigenvalue weighted by atomic mass is 16.6. The van der Waals surface area contributed by atoms with Gasteiger partial charge < -0.3 is 0 Å². The predicted octanol–water partition coefficient (Wildman–Crippen LogP) is 2.96. The lowest BCUT2D eigenvalue weighted by atomic mass is 10.1. The van der Waals surface area contributed by atoms with Crippen molar-refractivity contribution >= 4 is 35.0 Å². The van der Waals surface area contributed by atoms with E-state index in [2.05, 4.69) is 0 Å². The van der Waals surface area contributed by atoms with E-state index in [1.54, 1.807) is 0 Å². The zero-order valence-electron chi connectivity index (χ0n) is 17.8. The van der Waals surface area contributed by atoms with E-state index in [0.717, 1.165) is 21.9 Å². The Morgan fingerprint density at radius 1 is 0.559 bits per heavy atom. The Balaban J connectivity index is 1.26. The molecule has 0 atom stereocenters. The summed E-state index contributed by atoms with van der Waals surface area (Å²) in [7, 11) is 0. The zero-order chi connectivity index (χ0) is 24.6. The summed E-state index contributed by atoms with van der Waals surface area (Å²) in [6, 6.07) is 7.14. The van der Waals surface area contributed by atoms with Crippen LogP contribution in [0.25, 0.3) is 0 Å². The maximum atomic E-state index is 12.5. The highest BCUT2D eigenvalue weighted by Crippen LogP contribution is 2.28. The van der Waals surface area contributed by atoms with Crippen LogP contribution in [-0.4, -0.2) is 56.4 Å². The second-order valence-corrected chi connectivity index (χ2v) is 7.91. The van der Waals surface area contributed by atoms with Crippen LogP contribution in [0.4, 0.5) is 11.4 Å². The molecule has 34 heavy (non-hydrogen) atoms. The van der Waals surface area contributed by atoms with Crippen molar-refractivity contribution in [3.8, 4) is 0 Å². The summed E-state index contributed by atoms with van der Waals surface area (Å²) in [5.41, 5.74) is -0.202. The van der Waals surface area contributed by atoms with Gasteiger partial charge in [-0.2, -0.15) is 0 Å². The summed E-state index contributed by atoms with van der Waals surface area (Å²) in [5.74, 6) is -2.11. The number of nitro groups is 2. The minimum Gasteiger partial charge on any atom is -0.274 e. The normalized spacial score (nSPS) is 14.6. The Morgan fingerprint density at radius 3 is 1.26 bits per heavy atom. The molecule has 2 aliphatic heterocycles. The first-order valence-electron chi connectivity index (χ1n) is 10.5. The average molecular weight is 466 g/mol. The topological polar surface area (TPSA) is 161 Å². The molecule has 0 aromatic heterocycles. The number of fused-ring (bicyclic) bond motifs is 2. The Kier molecular flexibility index (Phi) is 5.88. The van der Waals surface area contributed by atoms with Gasteiger partial charge in [0.1, 0.15) is 0 Å². The number of hydrogen-bond acceptors (Lipinski definition) is 8. The van der Waals surface area contributed by atoms with Gasteiger partial charge in [-0.25, -0.2) is 0 Å². The van der Waals surface area contributed by atoms with E-state index < -0.39 is 33.5 Å². The first kappa shape index (κ1) is 22.7. The number of nitro benzene ring substituents is 2. The Hall–Kier alpha value is -4.48. The number of carbonyl (C=O) groups is 4. The minimum absolute atomic E-state index is 0.0186. The number of carbonyl (C=O) groups excluding carboxylic acids is 4. The molecule has 4 rings (SSSR count). The van der Waals surface area contributed by atoms with Crippen molar-refractivity contribution < 1.29 is 29.0 Å². The number of non-ortho nitro benzene ring substituents is 2. The first-order chi connectivity index (χ1) is 16.2. The average Bonchev–Trinajstić information content (AvgIpc) is 3.20. The van der Waals surface area contributed by atoms with Gasteiger partial charge >= 0.3 is 0 Å². The van der Waals surface area contributed by atoms with Crippen LogP contribution in [0.3, 0.4) is 0 Å². The van der Waals surface area contributed by atoms with Crippen molar-refractivity contribution in [3.05, 3.63) is 78.9 Å². The summed E-state index contributed by atoms with van der Waals surface area (Å²) in [6.45, 7) is 0.299. The van der Waals surface area contributed by atoms with Crippen LogP contribution in [0.1, 0.15) is 67.1 Å². The van der Waals surface area contributed by atoms with Gasteiger partial charge in [-0.1, -0.05) is 12.8 Å². The monoisotopic (exact) mass is 466 g/mol. The fourth-order valence-corrected chi connectivity index (χ4v) is 4.08. The molecule has 2 heterocycles. The lowest BCUT2D eigenvalue weighted by Gasteiger charge is -2.15. The molecule has 0 bridgehead atoms. The highest BCUT2D eigenvalue weighted by molar-refractivity contribution is 6.22. The molecule has 2 aromatic rings. The third kappa shape index (κ3) is 3.89. The molecular weight excluding hydrogens is 448 g/mol. The van der Waals surface area contributed by atoms with Crippen molar-refractivity contribution in [2.24, 2.45) is 0 Å². The van der Waals surface area contributed by atoms with Crippen LogP contribution in [0.5, 0.6) is 0 Å². The fraction of sp³-hybridized carbons (Fsp3) is 0.273. The summed E-state index contributed by atoms with van der Waals surface area (Å²) in [6.07, 6.45) is 2.20. The van der Waals surface area contributed by atoms with Gasteiger partial charge in [0.25, 0.3) is 35.0 Å². The summed E-state index contributed by atoms with van der Waals surface area (Å²) in [4.78, 5) is 72.5. The van der Waals surface area contributed by atoms with Gasteiger partial charge in [-0.05, 0) is 25.0 Å². The van der Waals surface area contributed by atoms with Crippen LogP contribution in [0, 0.1) is 20.2 Å². The van der Waals surface area contributed by atoms with E-state index in [0.29, 0.717) is 25.7 Å². The number of imide groups is 2. The van der Waals surface area contributed by atoms with Gasteiger partial charge in [0, 0.05) is 37.4 Å². The second-order valence-electron chi connectivity index (χ2n) is 7.91. The SMILES string of the molecule is O=C1c2ccc([N+](=O)[O-])cc2C(=O)N1CCCCCCN1C(=O)c2ccc([N+](=O)[O-])cc2C1=O. The number of benzene rings is 2. The van der Waals surface area contributed by atoms with E-state index in [1.165, 1.54) is 24.3 Å². The van der Waals surface area contributed by atoms with Crippen LogP contribution in [0.2, 0.25) is 0 Å². The van der Waals surface area contributed by atoms with Crippen molar-refractivity contribution in [1.29, 1.82) is 0 Å². The molecule has 0 spiro atoms. The van der Waals surface area contributed by atoms with E-state index in [1.807, 2.05) is 0 Å².